The molecule has 3 N–H and O–H groups in total. The van der Waals surface area contributed by atoms with Gasteiger partial charge in [-0.05, 0) is 83.5 Å². The molecule has 83 heavy (non-hydrogen) atoms. The molecule has 0 bridgehead atoms. The van der Waals surface area contributed by atoms with Crippen LogP contribution in [0.2, 0.25) is 0 Å². The lowest BCUT2D eigenvalue weighted by Gasteiger charge is -2.22. The smallest absolute Gasteiger partial charge is 0.305 e. The fraction of sp³-hybridized carbons (Fsp3) is 0.896. The number of aliphatic hydroxyl groups is 2. The van der Waals surface area contributed by atoms with Gasteiger partial charge in [-0.2, -0.15) is 0 Å². The maximum absolute atomic E-state index is 12.5. The molecular formula is C77H147NO5. The van der Waals surface area contributed by atoms with E-state index in [0.29, 0.717) is 25.9 Å². The first kappa shape index (κ1) is 81.1. The Morgan fingerprint density at radius 3 is 0.928 bits per heavy atom. The highest BCUT2D eigenvalue weighted by Crippen LogP contribution is 2.19. The number of esters is 1. The number of ether oxygens (including phenoxy) is 1. The molecule has 0 aromatic rings. The molecule has 1 amide bonds. The van der Waals surface area contributed by atoms with Crippen molar-refractivity contribution in [1.82, 2.24) is 5.32 Å². The van der Waals surface area contributed by atoms with Gasteiger partial charge in [0.2, 0.25) is 5.91 Å². The second kappa shape index (κ2) is 72.6. The normalized spacial score (nSPS) is 12.7. The van der Waals surface area contributed by atoms with Gasteiger partial charge in [0.25, 0.3) is 0 Å². The fourth-order valence-electron chi connectivity index (χ4n) is 11.9. The van der Waals surface area contributed by atoms with E-state index in [0.717, 1.165) is 51.4 Å². The molecule has 490 valence electrons. The van der Waals surface area contributed by atoms with Crippen LogP contribution in [0.5, 0.6) is 0 Å². The second-order valence-corrected chi connectivity index (χ2v) is 26.0. The van der Waals surface area contributed by atoms with Crippen LogP contribution in [0.25, 0.3) is 0 Å². The molecule has 6 heteroatoms. The van der Waals surface area contributed by atoms with Gasteiger partial charge in [-0.3, -0.25) is 9.59 Å². The molecule has 0 aromatic carbocycles. The van der Waals surface area contributed by atoms with Gasteiger partial charge >= 0.3 is 5.97 Å². The van der Waals surface area contributed by atoms with E-state index in [1.54, 1.807) is 0 Å². The van der Waals surface area contributed by atoms with Crippen LogP contribution in [0.15, 0.2) is 36.5 Å². The van der Waals surface area contributed by atoms with E-state index < -0.39 is 12.1 Å². The topological polar surface area (TPSA) is 95.9 Å². The lowest BCUT2D eigenvalue weighted by atomic mass is 10.0. The number of carbonyl (C=O) groups excluding carboxylic acids is 2. The van der Waals surface area contributed by atoms with E-state index in [1.165, 1.54) is 334 Å². The van der Waals surface area contributed by atoms with E-state index in [1.807, 2.05) is 0 Å². The van der Waals surface area contributed by atoms with E-state index >= 15 is 0 Å². The number of nitrogens with one attached hydrogen (secondary N) is 1. The Labute approximate surface area is 519 Å². The summed E-state index contributed by atoms with van der Waals surface area (Å²) >= 11 is 0. The molecule has 0 radical (unpaired) electrons. The van der Waals surface area contributed by atoms with Crippen molar-refractivity contribution in [2.75, 3.05) is 13.2 Å². The molecular weight excluding hydrogens is 1020 g/mol. The third kappa shape index (κ3) is 69.1. The molecule has 0 aliphatic heterocycles. The summed E-state index contributed by atoms with van der Waals surface area (Å²) in [6.45, 7) is 4.98. The molecule has 2 atom stereocenters. The molecule has 0 spiro atoms. The molecule has 0 saturated carbocycles. The minimum atomic E-state index is -0.666. The Balaban J connectivity index is 3.40. The maximum atomic E-state index is 12.5. The van der Waals surface area contributed by atoms with Crippen LogP contribution in [0.4, 0.5) is 0 Å². The minimum absolute atomic E-state index is 0.00939. The third-order valence-electron chi connectivity index (χ3n) is 17.7. The predicted molar refractivity (Wildman–Crippen MR) is 366 cm³/mol. The van der Waals surface area contributed by atoms with Crippen LogP contribution in [-0.2, 0) is 14.3 Å². The van der Waals surface area contributed by atoms with Gasteiger partial charge in [-0.1, -0.05) is 359 Å². The summed E-state index contributed by atoms with van der Waals surface area (Å²) in [5, 5.41) is 23.4. The molecule has 0 fully saturated rings. The Kier molecular flexibility index (Phi) is 70.9. The van der Waals surface area contributed by atoms with Crippen molar-refractivity contribution in [3.63, 3.8) is 0 Å². The van der Waals surface area contributed by atoms with Crippen molar-refractivity contribution >= 4 is 11.9 Å². The molecule has 0 aliphatic rings. The summed E-state index contributed by atoms with van der Waals surface area (Å²) < 4.78 is 5.50. The van der Waals surface area contributed by atoms with Crippen molar-refractivity contribution in [3.05, 3.63) is 36.5 Å². The molecule has 0 heterocycles. The molecule has 0 aliphatic carbocycles. The van der Waals surface area contributed by atoms with Gasteiger partial charge in [-0.15, -0.1) is 0 Å². The number of carbonyl (C=O) groups is 2. The van der Waals surface area contributed by atoms with E-state index in [4.69, 9.17) is 4.74 Å². The highest BCUT2D eigenvalue weighted by Gasteiger charge is 2.20. The quantitative estimate of drug-likeness (QED) is 0.0320. The van der Waals surface area contributed by atoms with Gasteiger partial charge in [0.15, 0.2) is 0 Å². The fourth-order valence-corrected chi connectivity index (χ4v) is 11.9. The largest absolute Gasteiger partial charge is 0.466 e. The number of unbranched alkanes of at least 4 members (excludes halogenated alkanes) is 54. The SMILES string of the molecule is CCCCCCCC/C=C\CCCCCCCCCC(=O)OCCCCCCCCCCC/C=C\C/C=C\CCCCCCCCCCCCCCCC(=O)NC(CO)C(O)CCCCCCCCCCCCCCCCCCCCCC. The number of allylic oxidation sites excluding steroid dienone is 6. The summed E-state index contributed by atoms with van der Waals surface area (Å²) in [6, 6.07) is -0.544. The lowest BCUT2D eigenvalue weighted by molar-refractivity contribution is -0.143. The van der Waals surface area contributed by atoms with E-state index in [2.05, 4.69) is 55.6 Å². The van der Waals surface area contributed by atoms with Crippen molar-refractivity contribution in [2.24, 2.45) is 0 Å². The van der Waals surface area contributed by atoms with Crippen molar-refractivity contribution in [1.29, 1.82) is 0 Å². The zero-order valence-corrected chi connectivity index (χ0v) is 56.2. The average molecular weight is 1170 g/mol. The molecule has 0 aromatic heterocycles. The summed E-state index contributed by atoms with van der Waals surface area (Å²) in [4.78, 5) is 24.6. The van der Waals surface area contributed by atoms with Gasteiger partial charge < -0.3 is 20.3 Å². The molecule has 0 rings (SSSR count). The first-order valence-electron chi connectivity index (χ1n) is 37.7. The zero-order chi connectivity index (χ0) is 59.9. The summed E-state index contributed by atoms with van der Waals surface area (Å²) in [7, 11) is 0. The number of hydrogen-bond acceptors (Lipinski definition) is 5. The van der Waals surface area contributed by atoms with Gasteiger partial charge in [-0.25, -0.2) is 0 Å². The van der Waals surface area contributed by atoms with Crippen LogP contribution < -0.4 is 5.32 Å². The highest BCUT2D eigenvalue weighted by molar-refractivity contribution is 5.76. The molecule has 0 saturated heterocycles. The summed E-state index contributed by atoms with van der Waals surface area (Å²) in [6.07, 6.45) is 93.5. The lowest BCUT2D eigenvalue weighted by Crippen LogP contribution is -2.45. The van der Waals surface area contributed by atoms with E-state index in [9.17, 15) is 19.8 Å². The van der Waals surface area contributed by atoms with Crippen molar-refractivity contribution in [3.8, 4) is 0 Å². The standard InChI is InChI=1S/C77H147NO5/c1-3-5-7-9-11-13-15-17-19-21-22-34-38-41-45-49-53-57-61-65-69-75(80)74(73-79)78-76(81)70-66-62-58-54-50-46-42-39-35-32-30-28-26-24-23-25-27-29-31-33-36-40-44-48-52-56-60-64-68-72-83-77(82)71-67-63-59-55-51-47-43-37-20-18-16-14-12-10-8-6-4-2/h18,20,23,25,29,31,74-75,79-80H,3-17,19,21-22,24,26-28,30,32-73H2,1-2H3,(H,78,81)/b20-18-,25-23-,31-29-. The van der Waals surface area contributed by atoms with Gasteiger partial charge in [0, 0.05) is 12.8 Å². The van der Waals surface area contributed by atoms with Crippen LogP contribution in [0.1, 0.15) is 418 Å². The number of aliphatic hydroxyl groups excluding tert-OH is 2. The van der Waals surface area contributed by atoms with Crippen LogP contribution in [0, 0.1) is 0 Å². The third-order valence-corrected chi connectivity index (χ3v) is 17.7. The maximum Gasteiger partial charge on any atom is 0.305 e. The Morgan fingerprint density at radius 2 is 0.602 bits per heavy atom. The second-order valence-electron chi connectivity index (χ2n) is 26.0. The van der Waals surface area contributed by atoms with Gasteiger partial charge in [0.1, 0.15) is 0 Å². The Morgan fingerprint density at radius 1 is 0.337 bits per heavy atom. The monoisotopic (exact) mass is 1170 g/mol. The van der Waals surface area contributed by atoms with Crippen LogP contribution in [-0.4, -0.2) is 47.4 Å². The summed E-state index contributed by atoms with van der Waals surface area (Å²) in [5.41, 5.74) is 0. The number of rotatable bonds is 71. The Bertz CT molecular complexity index is 1340. The Hall–Kier alpha value is -1.92. The summed E-state index contributed by atoms with van der Waals surface area (Å²) in [5.74, 6) is -0.0224. The number of hydrogen-bond donors (Lipinski definition) is 3. The average Bonchev–Trinajstić information content (AvgIpc) is 3.48. The molecule has 2 unspecified atom stereocenters. The zero-order valence-electron chi connectivity index (χ0n) is 56.2. The van der Waals surface area contributed by atoms with Gasteiger partial charge in [0.05, 0.1) is 25.4 Å². The van der Waals surface area contributed by atoms with E-state index in [-0.39, 0.29) is 18.5 Å². The van der Waals surface area contributed by atoms with Crippen LogP contribution in [0.3, 0.4) is 0 Å². The first-order valence-corrected chi connectivity index (χ1v) is 37.7. The predicted octanol–water partition coefficient (Wildman–Crippen LogP) is 24.7. The molecule has 6 nitrogen and oxygen atoms in total. The first-order chi connectivity index (χ1) is 41.0. The number of amides is 1. The highest BCUT2D eigenvalue weighted by atomic mass is 16.5. The van der Waals surface area contributed by atoms with Crippen molar-refractivity contribution < 1.29 is 24.5 Å². The van der Waals surface area contributed by atoms with Crippen molar-refractivity contribution in [2.45, 2.75) is 431 Å². The van der Waals surface area contributed by atoms with Crippen LogP contribution >= 0.6 is 0 Å². The minimum Gasteiger partial charge on any atom is -0.466 e.